The molecule has 1 aliphatic heterocycles. The summed E-state index contributed by atoms with van der Waals surface area (Å²) in [5, 5.41) is 15.0. The maximum atomic E-state index is 15.5. The third-order valence-corrected chi connectivity index (χ3v) is 6.58. The van der Waals surface area contributed by atoms with Crippen LogP contribution >= 0.6 is 0 Å². The van der Waals surface area contributed by atoms with Gasteiger partial charge in [0.1, 0.15) is 17.5 Å². The topological polar surface area (TPSA) is 91.3 Å². The van der Waals surface area contributed by atoms with Crippen molar-refractivity contribution in [3.8, 4) is 22.8 Å². The molecule has 0 unspecified atom stereocenters. The van der Waals surface area contributed by atoms with E-state index in [1.54, 1.807) is 43.2 Å². The molecular weight excluding hydrogens is 502 g/mol. The van der Waals surface area contributed by atoms with Gasteiger partial charge >= 0.3 is 5.92 Å². The van der Waals surface area contributed by atoms with Crippen molar-refractivity contribution in [2.45, 2.75) is 32.4 Å². The molecule has 0 amide bonds. The maximum absolute atomic E-state index is 15.5. The molecule has 0 aliphatic carbocycles. The highest BCUT2D eigenvalue weighted by Gasteiger charge is 2.45. The summed E-state index contributed by atoms with van der Waals surface area (Å²) in [7, 11) is 1.79. The number of aromatic nitrogens is 8. The van der Waals surface area contributed by atoms with Crippen molar-refractivity contribution in [1.29, 1.82) is 0 Å². The summed E-state index contributed by atoms with van der Waals surface area (Å²) in [6, 6.07) is 5.04. The van der Waals surface area contributed by atoms with Crippen molar-refractivity contribution in [2.24, 2.45) is 7.05 Å². The number of nitrogens with one attached hydrogen (secondary N) is 1. The molecule has 0 bridgehead atoms. The van der Waals surface area contributed by atoms with Gasteiger partial charge < -0.3 is 9.88 Å². The van der Waals surface area contributed by atoms with Crippen LogP contribution in [-0.2, 0) is 19.5 Å². The molecule has 1 atom stereocenters. The first-order chi connectivity index (χ1) is 18.1. The number of nitrogens with zero attached hydrogens (tertiary/aromatic N) is 8. The minimum absolute atomic E-state index is 0.196. The van der Waals surface area contributed by atoms with Crippen LogP contribution in [-0.4, -0.2) is 39.1 Å². The fourth-order valence-corrected chi connectivity index (χ4v) is 4.71. The first-order valence-electron chi connectivity index (χ1n) is 11.7. The fourth-order valence-electron chi connectivity index (χ4n) is 4.71. The molecular formula is C25H21F4N9. The predicted molar refractivity (Wildman–Crippen MR) is 130 cm³/mol. The van der Waals surface area contributed by atoms with Crippen molar-refractivity contribution in [3.63, 3.8) is 0 Å². The van der Waals surface area contributed by atoms with Gasteiger partial charge in [-0.2, -0.15) is 13.9 Å². The highest BCUT2D eigenvalue weighted by Crippen LogP contribution is 2.42. The van der Waals surface area contributed by atoms with Crippen molar-refractivity contribution in [1.82, 2.24) is 39.1 Å². The first-order valence-corrected chi connectivity index (χ1v) is 11.7. The van der Waals surface area contributed by atoms with Crippen molar-refractivity contribution >= 4 is 11.8 Å². The van der Waals surface area contributed by atoms with E-state index in [4.69, 9.17) is 0 Å². The molecule has 1 aliphatic rings. The van der Waals surface area contributed by atoms with Gasteiger partial charge in [-0.25, -0.2) is 18.7 Å². The Morgan fingerprint density at radius 2 is 1.92 bits per heavy atom. The SMILES string of the molecule is Cc1cnc(Nc2ccnn2C)nc1-c1cc2n(c1)C[C@H](C)n1c-2nnc1C(F)(F)c1cc(F)ccc1F. The van der Waals surface area contributed by atoms with Gasteiger partial charge in [-0.1, -0.05) is 0 Å². The lowest BCUT2D eigenvalue weighted by Crippen LogP contribution is -2.28. The molecule has 1 N–H and O–H groups in total. The van der Waals surface area contributed by atoms with Gasteiger partial charge in [0.2, 0.25) is 11.8 Å². The van der Waals surface area contributed by atoms with E-state index in [2.05, 4.69) is 30.6 Å². The molecule has 1 aromatic carbocycles. The van der Waals surface area contributed by atoms with Crippen molar-refractivity contribution in [3.05, 3.63) is 77.5 Å². The monoisotopic (exact) mass is 523 g/mol. The zero-order valence-corrected chi connectivity index (χ0v) is 20.5. The van der Waals surface area contributed by atoms with Gasteiger partial charge in [-0.3, -0.25) is 9.25 Å². The van der Waals surface area contributed by atoms with E-state index in [-0.39, 0.29) is 5.82 Å². The molecule has 0 spiro atoms. The van der Waals surface area contributed by atoms with Crippen LogP contribution in [0.3, 0.4) is 0 Å². The van der Waals surface area contributed by atoms with Crippen LogP contribution in [0.5, 0.6) is 0 Å². The summed E-state index contributed by atoms with van der Waals surface area (Å²) in [5.41, 5.74) is 1.66. The van der Waals surface area contributed by atoms with E-state index in [0.717, 1.165) is 17.2 Å². The quantitative estimate of drug-likeness (QED) is 0.327. The van der Waals surface area contributed by atoms with Crippen LogP contribution in [0.15, 0.2) is 48.9 Å². The lowest BCUT2D eigenvalue weighted by atomic mass is 10.1. The molecule has 6 rings (SSSR count). The van der Waals surface area contributed by atoms with Crippen LogP contribution in [0.25, 0.3) is 22.8 Å². The Kier molecular flexibility index (Phi) is 5.33. The second-order valence-corrected chi connectivity index (χ2v) is 9.22. The van der Waals surface area contributed by atoms with E-state index < -0.39 is 35.0 Å². The van der Waals surface area contributed by atoms with Crippen LogP contribution in [0.4, 0.5) is 29.3 Å². The second kappa shape index (κ2) is 8.50. The number of hydrogen-bond donors (Lipinski definition) is 1. The van der Waals surface area contributed by atoms with Crippen LogP contribution < -0.4 is 5.32 Å². The van der Waals surface area contributed by atoms with Gasteiger partial charge in [-0.05, 0) is 43.7 Å². The Morgan fingerprint density at radius 3 is 2.68 bits per heavy atom. The van der Waals surface area contributed by atoms with Gasteiger partial charge in [-0.15, -0.1) is 10.2 Å². The zero-order chi connectivity index (χ0) is 26.8. The van der Waals surface area contributed by atoms with Crippen LogP contribution in [0.2, 0.25) is 0 Å². The van der Waals surface area contributed by atoms with Gasteiger partial charge in [0.05, 0.1) is 29.2 Å². The molecule has 5 heterocycles. The summed E-state index contributed by atoms with van der Waals surface area (Å²) in [4.78, 5) is 9.01. The molecule has 9 nitrogen and oxygen atoms in total. The standard InChI is InChI=1S/C25H21F4N9/c1-13-10-30-24(32-20-6-7-31-36(20)3)33-21(13)15-8-19-22-34-35-23(38(22)14(2)11-37(19)12-15)25(28,29)17-9-16(26)4-5-18(17)27/h4-10,12,14H,11H2,1-3H3,(H,30,32,33)/t14-/m0/s1. The summed E-state index contributed by atoms with van der Waals surface area (Å²) >= 11 is 0. The number of hydrogen-bond acceptors (Lipinski definition) is 6. The number of rotatable bonds is 5. The summed E-state index contributed by atoms with van der Waals surface area (Å²) in [6.45, 7) is 3.94. The smallest absolute Gasteiger partial charge is 0.334 e. The normalized spacial score (nSPS) is 14.9. The Bertz CT molecular complexity index is 1680. The molecule has 0 saturated heterocycles. The average molecular weight is 523 g/mol. The number of anilines is 2. The number of aryl methyl sites for hydroxylation is 2. The molecule has 5 aromatic rings. The molecule has 38 heavy (non-hydrogen) atoms. The predicted octanol–water partition coefficient (Wildman–Crippen LogP) is 4.98. The highest BCUT2D eigenvalue weighted by molar-refractivity contribution is 5.71. The molecule has 0 radical (unpaired) electrons. The van der Waals surface area contributed by atoms with E-state index in [1.165, 1.54) is 4.57 Å². The third kappa shape index (κ3) is 3.73. The molecule has 0 saturated carbocycles. The number of fused-ring (bicyclic) bond motifs is 3. The minimum Gasteiger partial charge on any atom is -0.342 e. The minimum atomic E-state index is -3.90. The Balaban J connectivity index is 1.41. The number of benzene rings is 1. The van der Waals surface area contributed by atoms with E-state index in [0.29, 0.717) is 41.8 Å². The maximum Gasteiger partial charge on any atom is 0.334 e. The molecule has 0 fully saturated rings. The summed E-state index contributed by atoms with van der Waals surface area (Å²) in [6.07, 6.45) is 5.21. The first kappa shape index (κ1) is 23.8. The van der Waals surface area contributed by atoms with E-state index in [9.17, 15) is 8.78 Å². The lowest BCUT2D eigenvalue weighted by molar-refractivity contribution is 0.0227. The Labute approximate surface area is 213 Å². The van der Waals surface area contributed by atoms with Gasteiger partial charge in [0, 0.05) is 37.6 Å². The Hall–Kier alpha value is -4.55. The Morgan fingerprint density at radius 1 is 1.11 bits per heavy atom. The van der Waals surface area contributed by atoms with E-state index >= 15 is 8.78 Å². The lowest BCUT2D eigenvalue weighted by Gasteiger charge is -2.27. The second-order valence-electron chi connectivity index (χ2n) is 9.22. The summed E-state index contributed by atoms with van der Waals surface area (Å²) < 4.78 is 63.8. The van der Waals surface area contributed by atoms with Gasteiger partial charge in [0.15, 0.2) is 5.82 Å². The molecule has 4 aromatic heterocycles. The largest absolute Gasteiger partial charge is 0.342 e. The van der Waals surface area contributed by atoms with Crippen LogP contribution in [0.1, 0.15) is 29.9 Å². The molecule has 13 heteroatoms. The van der Waals surface area contributed by atoms with Gasteiger partial charge in [0.25, 0.3) is 0 Å². The van der Waals surface area contributed by atoms with E-state index in [1.807, 2.05) is 17.7 Å². The fraction of sp³-hybridized carbons (Fsp3) is 0.240. The molecule has 194 valence electrons. The highest BCUT2D eigenvalue weighted by atomic mass is 19.3. The zero-order valence-electron chi connectivity index (χ0n) is 20.5. The summed E-state index contributed by atoms with van der Waals surface area (Å²) in [5.74, 6) is -5.57. The average Bonchev–Trinajstić information content (AvgIpc) is 3.60. The number of halogens is 4. The van der Waals surface area contributed by atoms with Crippen molar-refractivity contribution in [2.75, 3.05) is 5.32 Å². The van der Waals surface area contributed by atoms with Crippen molar-refractivity contribution < 1.29 is 17.6 Å². The van der Waals surface area contributed by atoms with Crippen LogP contribution in [0, 0.1) is 18.6 Å². The third-order valence-electron chi connectivity index (χ3n) is 6.58. The number of alkyl halides is 2.